The maximum atomic E-state index is 13.1. The van der Waals surface area contributed by atoms with Gasteiger partial charge >= 0.3 is 11.9 Å². The predicted molar refractivity (Wildman–Crippen MR) is 234 cm³/mol. The van der Waals surface area contributed by atoms with E-state index in [9.17, 15) is 132 Å². The Morgan fingerprint density at radius 3 is 1.33 bits per heavy atom. The summed E-state index contributed by atoms with van der Waals surface area (Å²) in [5.74, 6) is -11.4. The highest BCUT2D eigenvalue weighted by Crippen LogP contribution is 2.43. The lowest BCUT2D eigenvalue weighted by atomic mass is 9.89. The molecule has 0 aromatic carbocycles. The van der Waals surface area contributed by atoms with Gasteiger partial charge in [0.2, 0.25) is 0 Å². The zero-order chi connectivity index (χ0) is 58.9. The molecule has 6 aliphatic rings. The van der Waals surface area contributed by atoms with Crippen molar-refractivity contribution in [3.63, 3.8) is 0 Å². The van der Waals surface area contributed by atoms with Gasteiger partial charge in [-0.25, -0.2) is 9.59 Å². The van der Waals surface area contributed by atoms with Gasteiger partial charge in [-0.15, -0.1) is 0 Å². The van der Waals surface area contributed by atoms with Crippen LogP contribution in [0.5, 0.6) is 0 Å². The Balaban J connectivity index is 1.47. The lowest BCUT2D eigenvalue weighted by molar-refractivity contribution is -0.416. The molecule has 0 radical (unpaired) electrons. The van der Waals surface area contributed by atoms with Gasteiger partial charge in [0.15, 0.2) is 25.2 Å². The first-order chi connectivity index (χ1) is 37.1. The number of aliphatic hydroxyl groups excluding tert-OH is 21. The van der Waals surface area contributed by atoms with Gasteiger partial charge in [0, 0.05) is 12.8 Å². The van der Waals surface area contributed by atoms with Crippen molar-refractivity contribution < 1.29 is 184 Å². The molecule has 6 fully saturated rings. The molecule has 79 heavy (non-hydrogen) atoms. The molecule has 0 amide bonds. The van der Waals surface area contributed by atoms with Crippen molar-refractivity contribution in [2.45, 2.75) is 208 Å². The van der Waals surface area contributed by atoms with Crippen molar-refractivity contribution in [1.29, 1.82) is 0 Å². The monoisotopic (exact) mass is 1170 g/mol. The molecular formula is C42H70O37. The van der Waals surface area contributed by atoms with E-state index in [0.717, 1.165) is 0 Å². The minimum absolute atomic E-state index is 1.01. The molecule has 6 heterocycles. The van der Waals surface area contributed by atoms with Crippen LogP contribution in [0, 0.1) is 0 Å². The fraction of sp³-hybridized carbons (Fsp3) is 0.952. The zero-order valence-corrected chi connectivity index (χ0v) is 41.0. The maximum Gasteiger partial charge on any atom is 0.364 e. The smallest absolute Gasteiger partial charge is 0.364 e. The highest BCUT2D eigenvalue weighted by Gasteiger charge is 2.63. The molecular weight excluding hydrogens is 1100 g/mol. The van der Waals surface area contributed by atoms with Gasteiger partial charge < -0.3 is 175 Å². The maximum absolute atomic E-state index is 13.1. The third-order valence-corrected chi connectivity index (χ3v) is 14.3. The van der Waals surface area contributed by atoms with E-state index in [1.807, 2.05) is 0 Å². The second kappa shape index (κ2) is 27.1. The molecule has 460 valence electrons. The molecule has 0 spiro atoms. The molecule has 0 aliphatic carbocycles. The molecule has 37 nitrogen and oxygen atoms in total. The molecule has 0 aromatic rings. The highest BCUT2D eigenvalue weighted by molar-refractivity contribution is 5.76. The van der Waals surface area contributed by atoms with Crippen molar-refractivity contribution in [3.05, 3.63) is 0 Å². The predicted octanol–water partition coefficient (Wildman–Crippen LogP) is -15.7. The van der Waals surface area contributed by atoms with Crippen LogP contribution in [0.1, 0.15) is 12.8 Å². The third kappa shape index (κ3) is 13.4. The molecule has 6 aliphatic heterocycles. The van der Waals surface area contributed by atoms with Crippen LogP contribution in [-0.2, 0) is 61.7 Å². The average Bonchev–Trinajstić information content (AvgIpc) is 3.58. The summed E-state index contributed by atoms with van der Waals surface area (Å²) in [5, 5.41) is 257. The lowest BCUT2D eigenvalue weighted by Crippen LogP contribution is -2.71. The zero-order valence-electron chi connectivity index (χ0n) is 41.0. The summed E-state index contributed by atoms with van der Waals surface area (Å²) in [6.07, 6.45) is -71.4. The summed E-state index contributed by atoms with van der Waals surface area (Å²) in [5.41, 5.74) is 0. The van der Waals surface area contributed by atoms with Crippen LogP contribution >= 0.6 is 0 Å². The first-order valence-corrected chi connectivity index (χ1v) is 24.4. The number of ether oxygens (including phenoxy) is 11. The van der Waals surface area contributed by atoms with Gasteiger partial charge in [-0.05, 0) is 0 Å². The van der Waals surface area contributed by atoms with E-state index >= 15 is 0 Å². The molecule has 37 heteroatoms. The minimum Gasteiger partial charge on any atom is -0.477 e. The van der Waals surface area contributed by atoms with E-state index in [0.29, 0.717) is 0 Å². The largest absolute Gasteiger partial charge is 0.477 e. The average molecular weight is 1170 g/mol. The standard InChI is InChI=1S/C42H70O37/c43-3-10(50)27-24(61)32(74-35-22(59)20(57)18(55)15(7-47)69-35)25(62)37(71-27)75-33-26(63)38(72-29(12(52)5-45)34(33)76-36-23(60)21(58)19(56)16(8-48)70-36)73-31-14(2-41(68,39(64)65)78-30(31)13(53)6-46)77-42(40(66)67)1-9(49)17(54)28(79-42)11(51)4-44/h9-38,43-63,68H,1-8H2,(H,64,65)(H,66,67)/t9-,10?,11-,12+,13-,14-,15-,16-,17-,18+,19-,20+,21+,22-,23-,24-,25+,26+,27-,28-,29-,30-,31-,32+,33-,34-,35+,36+,37-,38-,41-,42-/m1/s1. The minimum atomic E-state index is -3.57. The molecule has 1 unspecified atom stereocenters. The summed E-state index contributed by atoms with van der Waals surface area (Å²) >= 11 is 0. The summed E-state index contributed by atoms with van der Waals surface area (Å²) in [7, 11) is 0. The molecule has 24 N–H and O–H groups in total. The van der Waals surface area contributed by atoms with Gasteiger partial charge in [0.25, 0.3) is 11.6 Å². The van der Waals surface area contributed by atoms with Gasteiger partial charge in [-0.1, -0.05) is 0 Å². The van der Waals surface area contributed by atoms with Crippen LogP contribution < -0.4 is 0 Å². The number of carboxylic acid groups (broad SMARTS) is 2. The number of hydrogen-bond donors (Lipinski definition) is 24. The fourth-order valence-electron chi connectivity index (χ4n) is 9.85. The van der Waals surface area contributed by atoms with E-state index in [1.54, 1.807) is 0 Å². The Hall–Kier alpha value is -2.38. The Kier molecular flexibility index (Phi) is 22.6. The van der Waals surface area contributed by atoms with E-state index in [1.165, 1.54) is 0 Å². The quantitative estimate of drug-likeness (QED) is 0.0479. The van der Waals surface area contributed by atoms with Crippen LogP contribution in [0.15, 0.2) is 0 Å². The number of carboxylic acids is 2. The van der Waals surface area contributed by atoms with E-state index in [-0.39, 0.29) is 0 Å². The Bertz CT molecular complexity index is 1940. The van der Waals surface area contributed by atoms with Gasteiger partial charge in [-0.2, -0.15) is 0 Å². The van der Waals surface area contributed by atoms with E-state index in [4.69, 9.17) is 52.1 Å². The molecule has 0 bridgehead atoms. The van der Waals surface area contributed by atoms with Crippen molar-refractivity contribution in [3.8, 4) is 0 Å². The van der Waals surface area contributed by atoms with Crippen molar-refractivity contribution in [2.24, 2.45) is 0 Å². The van der Waals surface area contributed by atoms with Crippen LogP contribution in [-0.4, -0.2) is 370 Å². The lowest BCUT2D eigenvalue weighted by Gasteiger charge is -2.53. The van der Waals surface area contributed by atoms with E-state index < -0.39 is 260 Å². The normalized spacial score (nSPS) is 48.6. The Morgan fingerprint density at radius 1 is 0.430 bits per heavy atom. The second-order valence-corrected chi connectivity index (χ2v) is 19.6. The summed E-state index contributed by atoms with van der Waals surface area (Å²) in [6, 6.07) is 0. The van der Waals surface area contributed by atoms with Crippen molar-refractivity contribution in [2.75, 3.05) is 39.6 Å². The topological polar surface area (TPSA) is 621 Å². The third-order valence-electron chi connectivity index (χ3n) is 14.3. The molecule has 0 saturated carbocycles. The van der Waals surface area contributed by atoms with Crippen LogP contribution in [0.2, 0.25) is 0 Å². The van der Waals surface area contributed by atoms with Crippen molar-refractivity contribution >= 4 is 11.9 Å². The molecule has 6 rings (SSSR count). The number of rotatable bonds is 22. The van der Waals surface area contributed by atoms with Crippen LogP contribution in [0.25, 0.3) is 0 Å². The van der Waals surface area contributed by atoms with Crippen LogP contribution in [0.3, 0.4) is 0 Å². The fourth-order valence-corrected chi connectivity index (χ4v) is 9.85. The number of aliphatic carboxylic acids is 2. The second-order valence-electron chi connectivity index (χ2n) is 19.6. The van der Waals surface area contributed by atoms with E-state index in [2.05, 4.69) is 0 Å². The van der Waals surface area contributed by atoms with Crippen molar-refractivity contribution in [1.82, 2.24) is 0 Å². The van der Waals surface area contributed by atoms with Gasteiger partial charge in [0.1, 0.15) is 146 Å². The summed E-state index contributed by atoms with van der Waals surface area (Å²) < 4.78 is 62.4. The first-order valence-electron chi connectivity index (χ1n) is 24.4. The van der Waals surface area contributed by atoms with Crippen LogP contribution in [0.4, 0.5) is 0 Å². The first kappa shape index (κ1) is 65.8. The summed E-state index contributed by atoms with van der Waals surface area (Å²) in [6.45, 7) is -7.40. The number of carbonyl (C=O) groups is 2. The Labute approximate surface area is 443 Å². The molecule has 0 aromatic heterocycles. The summed E-state index contributed by atoms with van der Waals surface area (Å²) in [4.78, 5) is 25.7. The number of aliphatic hydroxyl groups is 22. The van der Waals surface area contributed by atoms with Gasteiger partial charge in [-0.3, -0.25) is 0 Å². The molecule has 6 saturated heterocycles. The number of hydrogen-bond acceptors (Lipinski definition) is 35. The Morgan fingerprint density at radius 2 is 0.848 bits per heavy atom. The highest BCUT2D eigenvalue weighted by atomic mass is 16.8. The SMILES string of the molecule is O=C(O)[C@@]1(O[C@@H]2C[C@](O)(C(=O)O)O[C@H]([C@H](O)CO)[C@@H]2O[C@H]2O[C@H]([C@@H](O)CO)[C@@H](O[C@@H]3O[C@H](CO)[C@@H](O)[C@H](O)[C@H]3O)[C@H](O[C@H]3O[C@H](C(O)CO)[C@@H](O)[C@H](O[C@@H]4O[C@H](CO)[C@H](O)[C@H](O)[C@H]4O)[C@@H]3O)[C@@H]2O)C[C@@H](O)[C@@H](O)[C@@H]([C@H](O)CO)O1. The molecule has 32 atom stereocenters. The van der Waals surface area contributed by atoms with Gasteiger partial charge in [0.05, 0.1) is 51.8 Å².